The van der Waals surface area contributed by atoms with Crippen LogP contribution in [0.5, 0.6) is 0 Å². The molecule has 0 saturated heterocycles. The number of nitrogens with one attached hydrogen (secondary N) is 1. The quantitative estimate of drug-likeness (QED) is 0.335. The topological polar surface area (TPSA) is 79.7 Å². The van der Waals surface area contributed by atoms with Crippen LogP contribution in [0.15, 0.2) is 40.5 Å². The molecule has 7 nitrogen and oxygen atoms in total. The number of nitrogens with zero attached hydrogens (tertiary/aromatic N) is 5. The van der Waals surface area contributed by atoms with Crippen molar-refractivity contribution in [3.8, 4) is 0 Å². The molecule has 35 heavy (non-hydrogen) atoms. The summed E-state index contributed by atoms with van der Waals surface area (Å²) < 4.78 is 2.07. The summed E-state index contributed by atoms with van der Waals surface area (Å²) in [5.74, 6) is 0.916. The molecule has 0 spiro atoms. The van der Waals surface area contributed by atoms with E-state index in [9.17, 15) is 4.79 Å². The highest BCUT2D eigenvalue weighted by atomic mass is 32.1. The van der Waals surface area contributed by atoms with Gasteiger partial charge in [-0.2, -0.15) is 0 Å². The monoisotopic (exact) mass is 490 g/mol. The van der Waals surface area contributed by atoms with E-state index in [1.54, 1.807) is 11.3 Å². The number of hydrogen-bond acceptors (Lipinski definition) is 6. The van der Waals surface area contributed by atoms with Gasteiger partial charge in [0.15, 0.2) is 5.82 Å². The van der Waals surface area contributed by atoms with Gasteiger partial charge in [0.05, 0.1) is 12.1 Å². The molecule has 5 rings (SSSR count). The molecular formula is C27H34N6OS. The fourth-order valence-electron chi connectivity index (χ4n) is 5.35. The first-order chi connectivity index (χ1) is 17.0. The second-order valence-electron chi connectivity index (χ2n) is 9.83. The minimum atomic E-state index is -0.0290. The van der Waals surface area contributed by atoms with Crippen molar-refractivity contribution in [3.05, 3.63) is 73.5 Å². The van der Waals surface area contributed by atoms with Crippen molar-refractivity contribution >= 4 is 22.2 Å². The zero-order valence-electron chi connectivity index (χ0n) is 20.8. The first kappa shape index (κ1) is 23.9. The predicted molar refractivity (Wildman–Crippen MR) is 141 cm³/mol. The van der Waals surface area contributed by atoms with Gasteiger partial charge >= 0.3 is 0 Å². The molecule has 0 amide bonds. The Morgan fingerprint density at radius 3 is 2.69 bits per heavy atom. The summed E-state index contributed by atoms with van der Waals surface area (Å²) >= 11 is 1.74. The second-order valence-corrected chi connectivity index (χ2v) is 10.9. The van der Waals surface area contributed by atoms with E-state index in [4.69, 9.17) is 0 Å². The van der Waals surface area contributed by atoms with E-state index < -0.39 is 0 Å². The number of hydrogen-bond donors (Lipinski definition) is 1. The molecule has 1 fully saturated rings. The van der Waals surface area contributed by atoms with Crippen molar-refractivity contribution in [2.45, 2.75) is 84.5 Å². The second kappa shape index (κ2) is 10.4. The maximum Gasteiger partial charge on any atom is 0.252 e. The van der Waals surface area contributed by atoms with Crippen LogP contribution in [-0.2, 0) is 13.1 Å². The number of rotatable bonds is 8. The third-order valence-electron chi connectivity index (χ3n) is 7.41. The number of aromatic nitrogens is 5. The summed E-state index contributed by atoms with van der Waals surface area (Å²) in [4.78, 5) is 19.9. The lowest BCUT2D eigenvalue weighted by Crippen LogP contribution is -2.33. The third-order valence-corrected chi connectivity index (χ3v) is 8.27. The van der Waals surface area contributed by atoms with Gasteiger partial charge in [-0.15, -0.1) is 16.4 Å². The Labute approximate surface area is 210 Å². The molecule has 0 radical (unpaired) electrons. The summed E-state index contributed by atoms with van der Waals surface area (Å²) in [5, 5.41) is 16.2. The number of thiophene rings is 1. The van der Waals surface area contributed by atoms with Crippen LogP contribution in [0.2, 0.25) is 0 Å². The Bertz CT molecular complexity index is 1340. The summed E-state index contributed by atoms with van der Waals surface area (Å²) in [6, 6.07) is 10.9. The van der Waals surface area contributed by atoms with Gasteiger partial charge in [0.25, 0.3) is 5.56 Å². The maximum absolute atomic E-state index is 13.2. The maximum atomic E-state index is 13.2. The Morgan fingerprint density at radius 1 is 1.14 bits per heavy atom. The highest BCUT2D eigenvalue weighted by Gasteiger charge is 2.29. The normalized spacial score (nSPS) is 15.8. The molecule has 8 heteroatoms. The molecule has 4 aromatic rings. The minimum absolute atomic E-state index is 0.0175. The fourth-order valence-corrected chi connectivity index (χ4v) is 6.08. The molecule has 1 atom stereocenters. The van der Waals surface area contributed by atoms with Crippen LogP contribution in [0.4, 0.5) is 0 Å². The van der Waals surface area contributed by atoms with Crippen molar-refractivity contribution in [2.75, 3.05) is 0 Å². The minimum Gasteiger partial charge on any atom is -0.322 e. The van der Waals surface area contributed by atoms with E-state index in [0.717, 1.165) is 48.1 Å². The zero-order valence-corrected chi connectivity index (χ0v) is 21.6. The number of aryl methyl sites for hydroxylation is 2. The van der Waals surface area contributed by atoms with Gasteiger partial charge in [-0.1, -0.05) is 32.3 Å². The van der Waals surface area contributed by atoms with Gasteiger partial charge in [0.1, 0.15) is 0 Å². The van der Waals surface area contributed by atoms with Gasteiger partial charge in [-0.3, -0.25) is 9.69 Å². The number of fused-ring (bicyclic) bond motifs is 1. The van der Waals surface area contributed by atoms with Crippen LogP contribution in [0.3, 0.4) is 0 Å². The van der Waals surface area contributed by atoms with Gasteiger partial charge < -0.3 is 4.98 Å². The third kappa shape index (κ3) is 5.09. The van der Waals surface area contributed by atoms with Crippen LogP contribution in [-0.4, -0.2) is 30.1 Å². The summed E-state index contributed by atoms with van der Waals surface area (Å²) in [6.45, 7) is 7.65. The van der Waals surface area contributed by atoms with E-state index >= 15 is 0 Å². The molecule has 1 N–H and O–H groups in total. The van der Waals surface area contributed by atoms with Gasteiger partial charge in [-0.25, -0.2) is 4.68 Å². The Kier molecular flexibility index (Phi) is 7.11. The summed E-state index contributed by atoms with van der Waals surface area (Å²) in [5.41, 5.74) is 4.04. The molecule has 0 aliphatic heterocycles. The zero-order chi connectivity index (χ0) is 24.4. The molecule has 0 unspecified atom stereocenters. The number of benzene rings is 1. The van der Waals surface area contributed by atoms with Crippen molar-refractivity contribution in [1.29, 1.82) is 0 Å². The molecule has 3 heterocycles. The van der Waals surface area contributed by atoms with E-state index in [0.29, 0.717) is 12.6 Å². The fraction of sp³-hybridized carbons (Fsp3) is 0.481. The highest BCUT2D eigenvalue weighted by Crippen LogP contribution is 2.33. The van der Waals surface area contributed by atoms with Crippen molar-refractivity contribution in [1.82, 2.24) is 30.1 Å². The molecule has 3 aromatic heterocycles. The van der Waals surface area contributed by atoms with Gasteiger partial charge in [-0.05, 0) is 89.7 Å². The first-order valence-electron chi connectivity index (χ1n) is 12.7. The van der Waals surface area contributed by atoms with E-state index in [1.807, 2.05) is 0 Å². The standard InChI is InChI=1S/C27H34N6OS/c1-4-25(26-29-30-31-33(26)22-9-6-5-7-10-22)32(17-23-11-8-12-35-23)16-21-15-20-13-18(2)19(3)14-24(20)28-27(21)34/h8,11-15,22,25H,4-7,9-10,16-17H2,1-3H3,(H,28,34)/t25-/m0/s1. The highest BCUT2D eigenvalue weighted by molar-refractivity contribution is 7.09. The molecular weight excluding hydrogens is 456 g/mol. The van der Waals surface area contributed by atoms with Gasteiger partial charge in [0.2, 0.25) is 0 Å². The van der Waals surface area contributed by atoms with Crippen LogP contribution in [0.25, 0.3) is 10.9 Å². The van der Waals surface area contributed by atoms with Crippen LogP contribution in [0, 0.1) is 13.8 Å². The number of pyridine rings is 1. The SMILES string of the molecule is CC[C@@H](c1nnnn1C1CCCCC1)N(Cc1cccs1)Cc1cc2cc(C)c(C)cc2[nH]c1=O. The molecule has 1 saturated carbocycles. The largest absolute Gasteiger partial charge is 0.322 e. The predicted octanol–water partition coefficient (Wildman–Crippen LogP) is 5.85. The molecule has 0 bridgehead atoms. The Balaban J connectivity index is 1.52. The van der Waals surface area contributed by atoms with Gasteiger partial charge in [0, 0.05) is 29.0 Å². The van der Waals surface area contributed by atoms with Crippen LogP contribution < -0.4 is 5.56 Å². The molecule has 1 aliphatic carbocycles. The number of H-pyrrole nitrogens is 1. The average Bonchev–Trinajstić information content (AvgIpc) is 3.55. The molecule has 1 aromatic carbocycles. The lowest BCUT2D eigenvalue weighted by atomic mass is 9.95. The summed E-state index contributed by atoms with van der Waals surface area (Å²) in [7, 11) is 0. The van der Waals surface area contributed by atoms with Crippen molar-refractivity contribution in [2.24, 2.45) is 0 Å². The van der Waals surface area contributed by atoms with Crippen molar-refractivity contribution in [3.63, 3.8) is 0 Å². The average molecular weight is 491 g/mol. The number of aromatic amines is 1. The van der Waals surface area contributed by atoms with Crippen LogP contribution in [0.1, 0.15) is 84.9 Å². The van der Waals surface area contributed by atoms with E-state index in [1.165, 1.54) is 35.3 Å². The van der Waals surface area contributed by atoms with E-state index in [-0.39, 0.29) is 11.6 Å². The molecule has 1 aliphatic rings. The van der Waals surface area contributed by atoms with Crippen molar-refractivity contribution < 1.29 is 0 Å². The smallest absolute Gasteiger partial charge is 0.252 e. The number of tetrazole rings is 1. The Hall–Kier alpha value is -2.84. The van der Waals surface area contributed by atoms with E-state index in [2.05, 4.69) is 86.6 Å². The molecule has 184 valence electrons. The van der Waals surface area contributed by atoms with Crippen LogP contribution >= 0.6 is 11.3 Å². The first-order valence-corrected chi connectivity index (χ1v) is 13.6. The lowest BCUT2D eigenvalue weighted by Gasteiger charge is -2.31. The lowest BCUT2D eigenvalue weighted by molar-refractivity contribution is 0.157. The Morgan fingerprint density at radius 2 is 1.94 bits per heavy atom. The summed E-state index contributed by atoms with van der Waals surface area (Å²) in [6.07, 6.45) is 6.86.